The molecule has 0 aromatic heterocycles. The Morgan fingerprint density at radius 2 is 1.15 bits per heavy atom. The zero-order valence-electron chi connectivity index (χ0n) is 17.9. The van der Waals surface area contributed by atoms with Crippen LogP contribution in [0.1, 0.15) is 129 Å². The Kier molecular flexibility index (Phi) is 7.51. The lowest BCUT2D eigenvalue weighted by Gasteiger charge is -2.64. The van der Waals surface area contributed by atoms with Crippen molar-refractivity contribution >= 4 is 0 Å². The van der Waals surface area contributed by atoms with Crippen LogP contribution in [0, 0.1) is 23.2 Å². The highest BCUT2D eigenvalue weighted by molar-refractivity contribution is 5.12. The minimum Gasteiger partial charge on any atom is -0.389 e. The average molecular weight is 363 g/mol. The third kappa shape index (κ3) is 4.68. The minimum absolute atomic E-state index is 0.235. The number of aliphatic hydroxyl groups is 1. The molecule has 0 amide bonds. The fourth-order valence-electron chi connectivity index (χ4n) is 7.07. The van der Waals surface area contributed by atoms with Crippen LogP contribution in [0.3, 0.4) is 0 Å². The molecule has 3 atom stereocenters. The number of rotatable bonds is 13. The van der Waals surface area contributed by atoms with Crippen molar-refractivity contribution in [2.24, 2.45) is 23.2 Å². The van der Waals surface area contributed by atoms with E-state index in [1.165, 1.54) is 103 Å². The first-order valence-electron chi connectivity index (χ1n) is 12.3. The van der Waals surface area contributed by atoms with Crippen LogP contribution in [0.2, 0.25) is 0 Å². The molecule has 1 N–H and O–H groups in total. The predicted octanol–water partition coefficient (Wildman–Crippen LogP) is 7.65. The van der Waals surface area contributed by atoms with Crippen molar-refractivity contribution in [3.63, 3.8) is 0 Å². The van der Waals surface area contributed by atoms with Gasteiger partial charge in [0.25, 0.3) is 0 Å². The zero-order valence-corrected chi connectivity index (χ0v) is 17.9. The highest BCUT2D eigenvalue weighted by Gasteiger charge is 2.62. The monoisotopic (exact) mass is 362 g/mol. The van der Waals surface area contributed by atoms with Gasteiger partial charge < -0.3 is 5.11 Å². The molecular weight excluding hydrogens is 316 g/mol. The second-order valence-electron chi connectivity index (χ2n) is 10.6. The van der Waals surface area contributed by atoms with E-state index in [0.717, 1.165) is 30.6 Å². The number of unbranched alkanes of at least 4 members (excludes halogenated alkanes) is 11. The molecule has 3 unspecified atom stereocenters. The molecule has 1 heteroatoms. The quantitative estimate of drug-likeness (QED) is 0.333. The summed E-state index contributed by atoms with van der Waals surface area (Å²) in [7, 11) is 0. The van der Waals surface area contributed by atoms with Crippen LogP contribution in [0.25, 0.3) is 0 Å². The van der Waals surface area contributed by atoms with E-state index in [0.29, 0.717) is 0 Å². The van der Waals surface area contributed by atoms with Crippen molar-refractivity contribution in [1.82, 2.24) is 0 Å². The van der Waals surface area contributed by atoms with Crippen LogP contribution in [0.15, 0.2) is 0 Å². The van der Waals surface area contributed by atoms with Gasteiger partial charge in [0.2, 0.25) is 0 Å². The summed E-state index contributed by atoms with van der Waals surface area (Å²) in [6, 6.07) is 0. The summed E-state index contributed by atoms with van der Waals surface area (Å²) in [5.74, 6) is 2.53. The maximum absolute atomic E-state index is 11.4. The van der Waals surface area contributed by atoms with Crippen molar-refractivity contribution in [2.45, 2.75) is 135 Å². The molecule has 26 heavy (non-hydrogen) atoms. The second-order valence-corrected chi connectivity index (χ2v) is 10.6. The smallest absolute Gasteiger partial charge is 0.0709 e. The van der Waals surface area contributed by atoms with Gasteiger partial charge in [0.15, 0.2) is 0 Å². The van der Waals surface area contributed by atoms with Gasteiger partial charge >= 0.3 is 0 Å². The SMILES string of the molecule is CCCCCCCCCCCCCCC1(C)C2CC3CC(C2)CC1(O)C3. The van der Waals surface area contributed by atoms with E-state index in [1.54, 1.807) is 0 Å². The van der Waals surface area contributed by atoms with Gasteiger partial charge in [-0.2, -0.15) is 0 Å². The lowest BCUT2D eigenvalue weighted by Crippen LogP contribution is -2.63. The fourth-order valence-corrected chi connectivity index (χ4v) is 7.07. The minimum atomic E-state index is -0.306. The van der Waals surface area contributed by atoms with Gasteiger partial charge in [0.1, 0.15) is 0 Å². The van der Waals surface area contributed by atoms with Gasteiger partial charge in [-0.25, -0.2) is 0 Å². The van der Waals surface area contributed by atoms with E-state index in [-0.39, 0.29) is 11.0 Å². The molecule has 0 aromatic rings. The molecule has 0 spiro atoms. The van der Waals surface area contributed by atoms with Crippen LogP contribution in [0.4, 0.5) is 0 Å². The van der Waals surface area contributed by atoms with Crippen molar-refractivity contribution in [3.05, 3.63) is 0 Å². The standard InChI is InChI=1S/C25H46O/c1-3-4-5-6-7-8-9-10-11-12-13-14-15-24(2)23-17-21-16-22(18-23)20-25(24,26)19-21/h21-23,26H,3-20H2,1-2H3. The number of hydrogen-bond donors (Lipinski definition) is 1. The summed E-state index contributed by atoms with van der Waals surface area (Å²) >= 11 is 0. The highest BCUT2D eigenvalue weighted by Crippen LogP contribution is 2.65. The highest BCUT2D eigenvalue weighted by atomic mass is 16.3. The zero-order chi connectivity index (χ0) is 18.5. The molecule has 0 saturated heterocycles. The van der Waals surface area contributed by atoms with Crippen molar-refractivity contribution in [2.75, 3.05) is 0 Å². The Bertz CT molecular complexity index is 402. The largest absolute Gasteiger partial charge is 0.389 e. The Labute approximate surface area is 163 Å². The maximum atomic E-state index is 11.4. The molecule has 4 aliphatic rings. The van der Waals surface area contributed by atoms with Crippen molar-refractivity contribution in [3.8, 4) is 0 Å². The maximum Gasteiger partial charge on any atom is 0.0709 e. The lowest BCUT2D eigenvalue weighted by molar-refractivity contribution is -0.223. The summed E-state index contributed by atoms with van der Waals surface area (Å²) < 4.78 is 0. The lowest BCUT2D eigenvalue weighted by atomic mass is 9.43. The molecule has 0 aliphatic heterocycles. The summed E-state index contributed by atoms with van der Waals surface area (Å²) in [5.41, 5.74) is -0.0710. The Balaban J connectivity index is 1.24. The molecule has 0 radical (unpaired) electrons. The van der Waals surface area contributed by atoms with Crippen LogP contribution in [-0.4, -0.2) is 10.7 Å². The second kappa shape index (κ2) is 9.44. The molecule has 4 aliphatic carbocycles. The summed E-state index contributed by atoms with van der Waals surface area (Å²) in [4.78, 5) is 0. The van der Waals surface area contributed by atoms with Gasteiger partial charge in [-0.3, -0.25) is 0 Å². The average Bonchev–Trinajstić information content (AvgIpc) is 2.60. The topological polar surface area (TPSA) is 20.2 Å². The fraction of sp³-hybridized carbons (Fsp3) is 1.00. The Morgan fingerprint density at radius 1 is 0.692 bits per heavy atom. The van der Waals surface area contributed by atoms with Gasteiger partial charge in [-0.15, -0.1) is 0 Å². The first-order valence-corrected chi connectivity index (χ1v) is 12.3. The molecule has 4 fully saturated rings. The van der Waals surface area contributed by atoms with Crippen LogP contribution in [-0.2, 0) is 0 Å². The van der Waals surface area contributed by atoms with E-state index in [1.807, 2.05) is 0 Å². The third-order valence-corrected chi connectivity index (χ3v) is 8.67. The molecular formula is C25H46O. The van der Waals surface area contributed by atoms with Crippen LogP contribution < -0.4 is 0 Å². The molecule has 1 nitrogen and oxygen atoms in total. The van der Waals surface area contributed by atoms with Gasteiger partial charge in [0, 0.05) is 0 Å². The molecule has 4 bridgehead atoms. The number of hydrogen-bond acceptors (Lipinski definition) is 1. The van der Waals surface area contributed by atoms with Gasteiger partial charge in [-0.1, -0.05) is 90.9 Å². The van der Waals surface area contributed by atoms with E-state index >= 15 is 0 Å². The molecule has 4 rings (SSSR count). The molecule has 4 saturated carbocycles. The van der Waals surface area contributed by atoms with Gasteiger partial charge in [-0.05, 0) is 61.7 Å². The Morgan fingerprint density at radius 3 is 1.62 bits per heavy atom. The normalized spacial score (nSPS) is 38.2. The molecule has 0 heterocycles. The van der Waals surface area contributed by atoms with Crippen molar-refractivity contribution in [1.29, 1.82) is 0 Å². The summed E-state index contributed by atoms with van der Waals surface area (Å²) in [6.45, 7) is 4.75. The predicted molar refractivity (Wildman–Crippen MR) is 112 cm³/mol. The van der Waals surface area contributed by atoms with E-state index in [4.69, 9.17) is 0 Å². The van der Waals surface area contributed by atoms with Crippen molar-refractivity contribution < 1.29 is 5.11 Å². The van der Waals surface area contributed by atoms with Gasteiger partial charge in [0.05, 0.1) is 5.60 Å². The third-order valence-electron chi connectivity index (χ3n) is 8.67. The summed E-state index contributed by atoms with van der Waals surface area (Å²) in [6.07, 6.45) is 24.9. The van der Waals surface area contributed by atoms with Crippen LogP contribution in [0.5, 0.6) is 0 Å². The first-order chi connectivity index (χ1) is 12.6. The Hall–Kier alpha value is -0.0400. The summed E-state index contributed by atoms with van der Waals surface area (Å²) in [5, 5.41) is 11.4. The van der Waals surface area contributed by atoms with E-state index in [2.05, 4.69) is 13.8 Å². The molecule has 0 aromatic carbocycles. The van der Waals surface area contributed by atoms with Crippen LogP contribution >= 0.6 is 0 Å². The van der Waals surface area contributed by atoms with E-state index in [9.17, 15) is 5.11 Å². The first kappa shape index (κ1) is 20.7. The molecule has 152 valence electrons. The van der Waals surface area contributed by atoms with E-state index < -0.39 is 0 Å².